The summed E-state index contributed by atoms with van der Waals surface area (Å²) in [7, 11) is 0. The Morgan fingerprint density at radius 2 is 0.846 bits per heavy atom. The fourth-order valence-corrected chi connectivity index (χ4v) is 7.44. The molecule has 0 atom stereocenters. The molecule has 0 aliphatic heterocycles. The lowest BCUT2D eigenvalue weighted by Crippen LogP contribution is -2.50. The minimum absolute atomic E-state index is 0.0392. The van der Waals surface area contributed by atoms with Gasteiger partial charge >= 0.3 is 0 Å². The van der Waals surface area contributed by atoms with E-state index < -0.39 is 55.1 Å². The van der Waals surface area contributed by atoms with Gasteiger partial charge in [-0.05, 0) is 37.1 Å². The number of aromatic nitrogens is 2. The topological polar surface area (TPSA) is 232 Å². The van der Waals surface area contributed by atoms with Crippen molar-refractivity contribution >= 4 is 85.0 Å². The van der Waals surface area contributed by atoms with Crippen molar-refractivity contribution in [2.24, 2.45) is 0 Å². The van der Waals surface area contributed by atoms with Gasteiger partial charge in [0.1, 0.15) is 0 Å². The number of fused-ring (bicyclic) bond motifs is 4. The third-order valence-corrected chi connectivity index (χ3v) is 10.7. The molecule has 0 aliphatic carbocycles. The van der Waals surface area contributed by atoms with E-state index in [9.17, 15) is 33.6 Å². The second-order valence-corrected chi connectivity index (χ2v) is 15.4. The highest BCUT2D eigenvalue weighted by atomic mass is 16.3. The first kappa shape index (κ1) is 47.0. The molecule has 0 spiro atoms. The lowest BCUT2D eigenvalue weighted by atomic mass is 10.0. The Hall–Kier alpha value is -7.53. The largest absolute Gasteiger partial charge is 0.396 e. The molecule has 0 radical (unpaired) electrons. The summed E-state index contributed by atoms with van der Waals surface area (Å²) >= 11 is 0. The number of hydrogen-bond donors (Lipinski definition) is 6. The van der Waals surface area contributed by atoms with Gasteiger partial charge in [-0.3, -0.25) is 33.6 Å². The van der Waals surface area contributed by atoms with Crippen molar-refractivity contribution in [1.29, 1.82) is 0 Å². The Kier molecular flexibility index (Phi) is 16.8. The zero-order chi connectivity index (χ0) is 46.1. The van der Waals surface area contributed by atoms with Gasteiger partial charge in [-0.25, -0.2) is 9.97 Å². The number of para-hydroxylation sites is 4. The maximum Gasteiger partial charge on any atom is 0.253 e. The van der Waals surface area contributed by atoms with Gasteiger partial charge in [-0.2, -0.15) is 0 Å². The highest BCUT2D eigenvalue weighted by Gasteiger charge is 2.23. The Morgan fingerprint density at radius 3 is 1.25 bits per heavy atom. The number of aliphatic hydroxyl groups is 1. The molecule has 6 aromatic rings. The summed E-state index contributed by atoms with van der Waals surface area (Å²) < 4.78 is 0. The molecule has 0 bridgehead atoms. The van der Waals surface area contributed by atoms with Crippen molar-refractivity contribution < 1.29 is 38.7 Å². The normalized spacial score (nSPS) is 11.0. The van der Waals surface area contributed by atoms with Crippen LogP contribution in [0, 0.1) is 0 Å². The van der Waals surface area contributed by atoms with Crippen LogP contribution in [0.5, 0.6) is 0 Å². The molecule has 338 valence electrons. The number of amides is 7. The zero-order valence-corrected chi connectivity index (χ0v) is 36.2. The summed E-state index contributed by atoms with van der Waals surface area (Å²) in [6, 6.07) is 28.8. The average molecular weight is 884 g/mol. The highest BCUT2D eigenvalue weighted by molar-refractivity contribution is 6.17. The summed E-state index contributed by atoms with van der Waals surface area (Å²) in [5.74, 6) is -3.54. The van der Waals surface area contributed by atoms with Gasteiger partial charge in [0.05, 0.1) is 59.4 Å². The van der Waals surface area contributed by atoms with Crippen LogP contribution >= 0.6 is 0 Å². The van der Waals surface area contributed by atoms with E-state index in [-0.39, 0.29) is 45.2 Å². The molecule has 17 heteroatoms. The van der Waals surface area contributed by atoms with Crippen LogP contribution in [-0.2, 0) is 24.0 Å². The minimum Gasteiger partial charge on any atom is -0.396 e. The van der Waals surface area contributed by atoms with E-state index in [4.69, 9.17) is 5.11 Å². The van der Waals surface area contributed by atoms with Crippen molar-refractivity contribution in [3.05, 3.63) is 108 Å². The van der Waals surface area contributed by atoms with Crippen molar-refractivity contribution in [1.82, 2.24) is 46.4 Å². The number of hydrogen-bond acceptors (Lipinski definition) is 10. The van der Waals surface area contributed by atoms with Gasteiger partial charge < -0.3 is 41.5 Å². The van der Waals surface area contributed by atoms with Crippen molar-refractivity contribution in [3.63, 3.8) is 0 Å². The van der Waals surface area contributed by atoms with Crippen molar-refractivity contribution in [2.45, 2.75) is 32.6 Å². The van der Waals surface area contributed by atoms with E-state index >= 15 is 0 Å². The van der Waals surface area contributed by atoms with Crippen LogP contribution in [0.2, 0.25) is 0 Å². The van der Waals surface area contributed by atoms with Gasteiger partial charge in [0.2, 0.25) is 29.5 Å². The Balaban J connectivity index is 1.09. The average Bonchev–Trinajstić information content (AvgIpc) is 3.30. The number of unbranched alkanes of at least 4 members (excludes halogenated alkanes) is 3. The number of aliphatic hydroxyl groups excluding tert-OH is 1. The Morgan fingerprint density at radius 1 is 0.477 bits per heavy atom. The van der Waals surface area contributed by atoms with Crippen LogP contribution in [0.3, 0.4) is 0 Å². The highest BCUT2D eigenvalue weighted by Crippen LogP contribution is 2.27. The molecule has 6 N–H and O–H groups in total. The molecule has 0 aliphatic rings. The summed E-state index contributed by atoms with van der Waals surface area (Å²) in [6.07, 6.45) is 2.95. The van der Waals surface area contributed by atoms with E-state index in [2.05, 4.69) is 36.6 Å². The van der Waals surface area contributed by atoms with E-state index in [1.54, 1.807) is 72.8 Å². The lowest BCUT2D eigenvalue weighted by Gasteiger charge is -2.24. The molecule has 2 heterocycles. The molecular formula is C48H53N9O8. The predicted octanol–water partition coefficient (Wildman–Crippen LogP) is 2.83. The number of rotatable bonds is 22. The summed E-state index contributed by atoms with van der Waals surface area (Å²) in [5, 5.41) is 25.0. The van der Waals surface area contributed by atoms with E-state index in [0.29, 0.717) is 74.1 Å². The van der Waals surface area contributed by atoms with Gasteiger partial charge in [0, 0.05) is 67.8 Å². The molecule has 0 saturated carbocycles. The molecule has 0 unspecified atom stereocenters. The Bertz CT molecular complexity index is 2600. The Labute approximate surface area is 375 Å². The molecule has 0 fully saturated rings. The third kappa shape index (κ3) is 12.8. The van der Waals surface area contributed by atoms with Crippen molar-refractivity contribution in [2.75, 3.05) is 65.5 Å². The smallest absolute Gasteiger partial charge is 0.253 e. The summed E-state index contributed by atoms with van der Waals surface area (Å²) in [6.45, 7) is -0.154. The number of benzene rings is 4. The predicted molar refractivity (Wildman–Crippen MR) is 247 cm³/mol. The maximum atomic E-state index is 13.8. The first-order valence-corrected chi connectivity index (χ1v) is 21.6. The first-order valence-electron chi connectivity index (χ1n) is 21.6. The summed E-state index contributed by atoms with van der Waals surface area (Å²) in [4.78, 5) is 105. The van der Waals surface area contributed by atoms with Gasteiger partial charge in [-0.1, -0.05) is 85.6 Å². The molecule has 17 nitrogen and oxygen atoms in total. The number of pyridine rings is 2. The standard InChI is InChI=1S/C48H53N9O8/c1-32(59)49-23-25-56(43(62)28-52-47(64)45-33-14-4-8-18-37(33)54-38-19-9-5-15-34(38)45)31-42(61)51-24-26-57(30-41(60)50-22-12-2-3-13-27-58)44(63)29-53-48(65)46-35-16-6-10-20-39(35)55-40-21-11-7-17-36(40)46/h4-11,14-21,58H,2-3,12-13,22-31H2,1H3,(H,49,59)(H,50,60)(H,51,61)(H,52,64)(H,53,65). The quantitative estimate of drug-likeness (QED) is 0.0431. The lowest BCUT2D eigenvalue weighted by molar-refractivity contribution is -0.136. The van der Waals surface area contributed by atoms with Crippen LogP contribution in [0.25, 0.3) is 43.6 Å². The van der Waals surface area contributed by atoms with Crippen molar-refractivity contribution in [3.8, 4) is 0 Å². The van der Waals surface area contributed by atoms with E-state index in [1.165, 1.54) is 16.7 Å². The van der Waals surface area contributed by atoms with Crippen LogP contribution in [0.4, 0.5) is 0 Å². The maximum absolute atomic E-state index is 13.8. The molecule has 4 aromatic carbocycles. The number of nitrogens with zero attached hydrogens (tertiary/aromatic N) is 4. The minimum atomic E-state index is -0.594. The van der Waals surface area contributed by atoms with Crippen LogP contribution in [0.1, 0.15) is 53.3 Å². The van der Waals surface area contributed by atoms with E-state index in [1.807, 2.05) is 24.3 Å². The van der Waals surface area contributed by atoms with Gasteiger partial charge in [0.15, 0.2) is 0 Å². The molecule has 2 aromatic heterocycles. The fourth-order valence-electron chi connectivity index (χ4n) is 7.44. The van der Waals surface area contributed by atoms with Crippen LogP contribution in [0.15, 0.2) is 97.1 Å². The SMILES string of the molecule is CC(=O)NCCN(CC(=O)NCCN(CC(=O)NCCCCCCO)C(=O)CNC(=O)c1c2ccccc2nc2ccccc12)C(=O)CNC(=O)c1c2ccccc2nc2ccccc12. The van der Waals surface area contributed by atoms with Crippen LogP contribution in [-0.4, -0.2) is 132 Å². The molecular weight excluding hydrogens is 831 g/mol. The molecule has 65 heavy (non-hydrogen) atoms. The number of nitrogens with one attached hydrogen (secondary N) is 5. The third-order valence-electron chi connectivity index (χ3n) is 10.7. The number of carbonyl (C=O) groups is 7. The molecule has 7 amide bonds. The second kappa shape index (κ2) is 23.2. The summed E-state index contributed by atoms with van der Waals surface area (Å²) in [5.41, 5.74) is 3.15. The zero-order valence-electron chi connectivity index (χ0n) is 36.2. The molecule has 6 rings (SSSR count). The number of carbonyl (C=O) groups excluding carboxylic acids is 7. The van der Waals surface area contributed by atoms with Gasteiger partial charge in [0.25, 0.3) is 11.8 Å². The monoisotopic (exact) mass is 883 g/mol. The van der Waals surface area contributed by atoms with Gasteiger partial charge in [-0.15, -0.1) is 0 Å². The second-order valence-electron chi connectivity index (χ2n) is 15.4. The first-order chi connectivity index (χ1) is 31.5. The van der Waals surface area contributed by atoms with E-state index in [0.717, 1.165) is 12.8 Å². The van der Waals surface area contributed by atoms with Crippen LogP contribution < -0.4 is 26.6 Å². The molecule has 0 saturated heterocycles. The fraction of sp³-hybridized carbons (Fsp3) is 0.312.